The first-order valence-corrected chi connectivity index (χ1v) is 7.96. The van der Waals surface area contributed by atoms with Gasteiger partial charge in [0.1, 0.15) is 18.5 Å². The molecule has 1 aromatic rings. The fourth-order valence-electron chi connectivity index (χ4n) is 2.60. The van der Waals surface area contributed by atoms with Crippen LogP contribution in [-0.4, -0.2) is 48.3 Å². The summed E-state index contributed by atoms with van der Waals surface area (Å²) in [6.45, 7) is 4.93. The molecular formula is C16H23ClN2O3. The van der Waals surface area contributed by atoms with Crippen molar-refractivity contribution in [3.8, 4) is 5.75 Å². The third-order valence-electron chi connectivity index (χ3n) is 3.99. The van der Waals surface area contributed by atoms with Crippen molar-refractivity contribution in [3.05, 3.63) is 28.8 Å². The summed E-state index contributed by atoms with van der Waals surface area (Å²) in [6, 6.07) is 4.65. The molecule has 5 nitrogen and oxygen atoms in total. The van der Waals surface area contributed by atoms with Gasteiger partial charge >= 0.3 is 0 Å². The number of nitrogens with zero attached hydrogens (tertiary/aromatic N) is 1. The van der Waals surface area contributed by atoms with Gasteiger partial charge < -0.3 is 20.5 Å². The van der Waals surface area contributed by atoms with Crippen LogP contribution in [0.3, 0.4) is 0 Å². The highest BCUT2D eigenvalue weighted by Crippen LogP contribution is 2.23. The Kier molecular flexibility index (Phi) is 6.06. The molecule has 3 N–H and O–H groups in total. The minimum atomic E-state index is -0.617. The van der Waals surface area contributed by atoms with Crippen molar-refractivity contribution >= 4 is 17.5 Å². The van der Waals surface area contributed by atoms with Crippen LogP contribution in [-0.2, 0) is 0 Å². The van der Waals surface area contributed by atoms with E-state index >= 15 is 0 Å². The lowest BCUT2D eigenvalue weighted by Gasteiger charge is -2.31. The Bertz CT molecular complexity index is 516. The number of carbonyl (C=O) groups is 1. The number of nitrogens with two attached hydrogens (primary N) is 1. The number of halogens is 1. The summed E-state index contributed by atoms with van der Waals surface area (Å²) in [6.07, 6.45) is 1.70. The molecule has 1 aromatic carbocycles. The number of rotatable bonds is 6. The standard InChI is InChI=1S/C16H23ClN2O3/c1-11-4-6-19(7-5-11)9-13(20)10-22-15-8-12(17)2-3-14(15)16(18)21/h2-3,8,11,13,20H,4-7,9-10H2,1H3,(H2,18,21)/t13-/m1/s1. The molecular weight excluding hydrogens is 304 g/mol. The van der Waals surface area contributed by atoms with E-state index in [0.717, 1.165) is 31.8 Å². The van der Waals surface area contributed by atoms with Crippen LogP contribution in [0.25, 0.3) is 0 Å². The molecule has 2 rings (SSSR count). The van der Waals surface area contributed by atoms with Gasteiger partial charge in [0.25, 0.3) is 5.91 Å². The van der Waals surface area contributed by atoms with E-state index in [4.69, 9.17) is 22.1 Å². The van der Waals surface area contributed by atoms with E-state index in [0.29, 0.717) is 17.3 Å². The molecule has 1 aliphatic heterocycles. The number of hydrogen-bond acceptors (Lipinski definition) is 4. The zero-order valence-corrected chi connectivity index (χ0v) is 13.6. The molecule has 22 heavy (non-hydrogen) atoms. The molecule has 0 aromatic heterocycles. The second-order valence-corrected chi connectivity index (χ2v) is 6.39. The number of aliphatic hydroxyl groups is 1. The molecule has 1 saturated heterocycles. The van der Waals surface area contributed by atoms with Crippen molar-refractivity contribution in [2.24, 2.45) is 11.7 Å². The maximum absolute atomic E-state index is 11.4. The summed E-state index contributed by atoms with van der Waals surface area (Å²) in [7, 11) is 0. The van der Waals surface area contributed by atoms with E-state index in [1.807, 2.05) is 0 Å². The first kappa shape index (κ1) is 17.1. The minimum absolute atomic E-state index is 0.104. The molecule has 1 fully saturated rings. The summed E-state index contributed by atoms with van der Waals surface area (Å²) in [5.74, 6) is 0.492. The van der Waals surface area contributed by atoms with Crippen LogP contribution >= 0.6 is 11.6 Å². The summed E-state index contributed by atoms with van der Waals surface area (Å²) in [5, 5.41) is 10.6. The Labute approximate surface area is 136 Å². The molecule has 1 aliphatic rings. The monoisotopic (exact) mass is 326 g/mol. The number of ether oxygens (including phenoxy) is 1. The van der Waals surface area contributed by atoms with Crippen molar-refractivity contribution in [2.75, 3.05) is 26.2 Å². The van der Waals surface area contributed by atoms with Gasteiger partial charge in [0.15, 0.2) is 0 Å². The quantitative estimate of drug-likeness (QED) is 0.837. The first-order valence-electron chi connectivity index (χ1n) is 7.58. The topological polar surface area (TPSA) is 75.8 Å². The SMILES string of the molecule is CC1CCN(C[C@@H](O)COc2cc(Cl)ccc2C(N)=O)CC1. The molecule has 0 spiro atoms. The maximum atomic E-state index is 11.4. The van der Waals surface area contributed by atoms with Gasteiger partial charge in [-0.15, -0.1) is 0 Å². The number of likely N-dealkylation sites (tertiary alicyclic amines) is 1. The van der Waals surface area contributed by atoms with Crippen LogP contribution in [0.15, 0.2) is 18.2 Å². The Morgan fingerprint density at radius 3 is 2.82 bits per heavy atom. The van der Waals surface area contributed by atoms with Gasteiger partial charge in [0.2, 0.25) is 0 Å². The lowest BCUT2D eigenvalue weighted by atomic mass is 9.99. The van der Waals surface area contributed by atoms with Crippen molar-refractivity contribution in [2.45, 2.75) is 25.9 Å². The summed E-state index contributed by atoms with van der Waals surface area (Å²) >= 11 is 5.90. The second kappa shape index (κ2) is 7.81. The molecule has 1 amide bonds. The number of piperidine rings is 1. The minimum Gasteiger partial charge on any atom is -0.490 e. The number of hydrogen-bond donors (Lipinski definition) is 2. The average molecular weight is 327 g/mol. The van der Waals surface area contributed by atoms with E-state index in [2.05, 4.69) is 11.8 Å². The smallest absolute Gasteiger partial charge is 0.252 e. The molecule has 0 aliphatic carbocycles. The third kappa shape index (κ3) is 4.87. The van der Waals surface area contributed by atoms with E-state index in [-0.39, 0.29) is 12.2 Å². The fourth-order valence-corrected chi connectivity index (χ4v) is 2.76. The fraction of sp³-hybridized carbons (Fsp3) is 0.562. The highest BCUT2D eigenvalue weighted by molar-refractivity contribution is 6.30. The Morgan fingerprint density at radius 2 is 2.18 bits per heavy atom. The Morgan fingerprint density at radius 1 is 1.50 bits per heavy atom. The molecule has 1 heterocycles. The molecule has 0 unspecified atom stereocenters. The van der Waals surface area contributed by atoms with E-state index < -0.39 is 12.0 Å². The van der Waals surface area contributed by atoms with E-state index in [1.54, 1.807) is 6.07 Å². The number of aliphatic hydroxyl groups excluding tert-OH is 1. The van der Waals surface area contributed by atoms with Crippen molar-refractivity contribution in [3.63, 3.8) is 0 Å². The Balaban J connectivity index is 1.87. The predicted octanol–water partition coefficient (Wildman–Crippen LogP) is 1.91. The van der Waals surface area contributed by atoms with Gasteiger partial charge in [-0.1, -0.05) is 18.5 Å². The average Bonchev–Trinajstić information content (AvgIpc) is 2.47. The van der Waals surface area contributed by atoms with E-state index in [1.165, 1.54) is 12.1 Å². The zero-order chi connectivity index (χ0) is 16.1. The number of β-amino-alcohol motifs (C(OH)–C–C–N with tert-alkyl or cyclic N) is 1. The molecule has 1 atom stereocenters. The van der Waals surface area contributed by atoms with Crippen LogP contribution in [0, 0.1) is 5.92 Å². The highest BCUT2D eigenvalue weighted by Gasteiger charge is 2.19. The maximum Gasteiger partial charge on any atom is 0.252 e. The van der Waals surface area contributed by atoms with Gasteiger partial charge in [-0.25, -0.2) is 0 Å². The zero-order valence-electron chi connectivity index (χ0n) is 12.8. The molecule has 0 saturated carbocycles. The van der Waals surface area contributed by atoms with Gasteiger partial charge in [0, 0.05) is 11.6 Å². The molecule has 6 heteroatoms. The number of benzene rings is 1. The third-order valence-corrected chi connectivity index (χ3v) is 4.22. The second-order valence-electron chi connectivity index (χ2n) is 5.95. The van der Waals surface area contributed by atoms with Crippen LogP contribution in [0.1, 0.15) is 30.1 Å². The predicted molar refractivity (Wildman–Crippen MR) is 86.3 cm³/mol. The van der Waals surface area contributed by atoms with E-state index in [9.17, 15) is 9.90 Å². The normalized spacial score (nSPS) is 18.1. The largest absolute Gasteiger partial charge is 0.490 e. The Hall–Kier alpha value is -1.30. The number of primary amides is 1. The van der Waals surface area contributed by atoms with Crippen LogP contribution < -0.4 is 10.5 Å². The van der Waals surface area contributed by atoms with Gasteiger partial charge in [-0.2, -0.15) is 0 Å². The van der Waals surface area contributed by atoms with Crippen LogP contribution in [0.5, 0.6) is 5.75 Å². The van der Waals surface area contributed by atoms with Crippen molar-refractivity contribution in [1.29, 1.82) is 0 Å². The summed E-state index contributed by atoms with van der Waals surface area (Å²) in [4.78, 5) is 13.6. The lowest BCUT2D eigenvalue weighted by Crippen LogP contribution is -2.40. The number of amides is 1. The summed E-state index contributed by atoms with van der Waals surface area (Å²) < 4.78 is 5.54. The molecule has 122 valence electrons. The molecule has 0 bridgehead atoms. The van der Waals surface area contributed by atoms with Crippen LogP contribution in [0.2, 0.25) is 5.02 Å². The summed E-state index contributed by atoms with van der Waals surface area (Å²) in [5.41, 5.74) is 5.57. The first-order chi connectivity index (χ1) is 10.5. The van der Waals surface area contributed by atoms with Crippen molar-refractivity contribution < 1.29 is 14.6 Å². The number of carbonyl (C=O) groups excluding carboxylic acids is 1. The van der Waals surface area contributed by atoms with Gasteiger partial charge in [-0.05, 0) is 50.0 Å². The van der Waals surface area contributed by atoms with Gasteiger partial charge in [0.05, 0.1) is 5.56 Å². The lowest BCUT2D eigenvalue weighted by molar-refractivity contribution is 0.0558. The molecule has 0 radical (unpaired) electrons. The van der Waals surface area contributed by atoms with Gasteiger partial charge in [-0.3, -0.25) is 4.79 Å². The highest BCUT2D eigenvalue weighted by atomic mass is 35.5. The van der Waals surface area contributed by atoms with Crippen LogP contribution in [0.4, 0.5) is 0 Å². The van der Waals surface area contributed by atoms with Crippen molar-refractivity contribution in [1.82, 2.24) is 4.90 Å².